The van der Waals surface area contributed by atoms with Crippen LogP contribution in [0, 0.1) is 13.8 Å². The lowest BCUT2D eigenvalue weighted by Crippen LogP contribution is -2.29. The van der Waals surface area contributed by atoms with Crippen molar-refractivity contribution in [1.29, 1.82) is 0 Å². The molecule has 2 heterocycles. The predicted molar refractivity (Wildman–Crippen MR) is 78.7 cm³/mol. The Labute approximate surface area is 117 Å². The maximum absolute atomic E-state index is 12.3. The highest BCUT2D eigenvalue weighted by atomic mass is 32.1. The van der Waals surface area contributed by atoms with E-state index in [2.05, 4.69) is 4.98 Å². The standard InChI is InChI=1S/C15H18N2OS/c1-11-12(2)19-10-14(11)15(18)17(3)9-6-13-4-7-16-8-5-13/h4-5,7-8,10H,6,9H2,1-3H3. The summed E-state index contributed by atoms with van der Waals surface area (Å²) in [5.41, 5.74) is 3.14. The average molecular weight is 274 g/mol. The number of pyridine rings is 1. The van der Waals surface area contributed by atoms with Gasteiger partial charge in [0, 0.05) is 36.2 Å². The molecule has 0 spiro atoms. The van der Waals surface area contributed by atoms with Crippen LogP contribution in [0.4, 0.5) is 0 Å². The van der Waals surface area contributed by atoms with Crippen LogP contribution < -0.4 is 0 Å². The molecular weight excluding hydrogens is 256 g/mol. The Kier molecular flexibility index (Phi) is 4.32. The number of hydrogen-bond donors (Lipinski definition) is 0. The SMILES string of the molecule is Cc1scc(C(=O)N(C)CCc2ccncc2)c1C. The van der Waals surface area contributed by atoms with Gasteiger partial charge in [0.1, 0.15) is 0 Å². The number of amides is 1. The van der Waals surface area contributed by atoms with Gasteiger partial charge in [0.25, 0.3) is 5.91 Å². The van der Waals surface area contributed by atoms with Gasteiger partial charge in [-0.1, -0.05) is 0 Å². The van der Waals surface area contributed by atoms with Gasteiger partial charge in [-0.2, -0.15) is 0 Å². The fraction of sp³-hybridized carbons (Fsp3) is 0.333. The third-order valence-corrected chi connectivity index (χ3v) is 4.36. The number of thiophene rings is 1. The van der Waals surface area contributed by atoms with Crippen molar-refractivity contribution < 1.29 is 4.79 Å². The normalized spacial score (nSPS) is 10.5. The lowest BCUT2D eigenvalue weighted by molar-refractivity contribution is 0.0796. The van der Waals surface area contributed by atoms with Gasteiger partial charge >= 0.3 is 0 Å². The van der Waals surface area contributed by atoms with Crippen molar-refractivity contribution in [3.05, 3.63) is 51.5 Å². The lowest BCUT2D eigenvalue weighted by Gasteiger charge is -2.17. The first-order valence-electron chi connectivity index (χ1n) is 6.28. The molecule has 0 bridgehead atoms. The van der Waals surface area contributed by atoms with Crippen molar-refractivity contribution in [3.8, 4) is 0 Å². The second-order valence-electron chi connectivity index (χ2n) is 4.66. The summed E-state index contributed by atoms with van der Waals surface area (Å²) in [5, 5.41) is 1.95. The van der Waals surface area contributed by atoms with Crippen molar-refractivity contribution in [2.45, 2.75) is 20.3 Å². The average Bonchev–Trinajstić information content (AvgIpc) is 2.77. The van der Waals surface area contributed by atoms with Crippen LogP contribution in [0.15, 0.2) is 29.9 Å². The molecule has 100 valence electrons. The van der Waals surface area contributed by atoms with E-state index in [9.17, 15) is 4.79 Å². The first-order valence-corrected chi connectivity index (χ1v) is 7.16. The second-order valence-corrected chi connectivity index (χ2v) is 5.75. The smallest absolute Gasteiger partial charge is 0.254 e. The number of aromatic nitrogens is 1. The number of likely N-dealkylation sites (N-methyl/N-ethyl adjacent to an activating group) is 1. The minimum absolute atomic E-state index is 0.107. The quantitative estimate of drug-likeness (QED) is 0.858. The Bertz CT molecular complexity index is 563. The van der Waals surface area contributed by atoms with Gasteiger partial charge in [0.2, 0.25) is 0 Å². The molecule has 0 N–H and O–H groups in total. The van der Waals surface area contributed by atoms with E-state index in [0.717, 1.165) is 24.1 Å². The van der Waals surface area contributed by atoms with E-state index in [4.69, 9.17) is 0 Å². The largest absolute Gasteiger partial charge is 0.341 e. The molecule has 0 radical (unpaired) electrons. The third-order valence-electron chi connectivity index (χ3n) is 3.35. The zero-order valence-electron chi connectivity index (χ0n) is 11.5. The molecule has 2 aromatic rings. The van der Waals surface area contributed by atoms with Crippen molar-refractivity contribution in [1.82, 2.24) is 9.88 Å². The number of carbonyl (C=O) groups is 1. The fourth-order valence-corrected chi connectivity index (χ4v) is 2.74. The van der Waals surface area contributed by atoms with Gasteiger partial charge in [0.15, 0.2) is 0 Å². The van der Waals surface area contributed by atoms with Crippen LogP contribution in [0.25, 0.3) is 0 Å². The minimum Gasteiger partial charge on any atom is -0.341 e. The van der Waals surface area contributed by atoms with Crippen LogP contribution in [0.2, 0.25) is 0 Å². The lowest BCUT2D eigenvalue weighted by atomic mass is 10.1. The number of hydrogen-bond acceptors (Lipinski definition) is 3. The second kappa shape index (κ2) is 5.97. The molecule has 4 heteroatoms. The molecule has 0 fully saturated rings. The van der Waals surface area contributed by atoms with Crippen LogP contribution in [0.1, 0.15) is 26.4 Å². The van der Waals surface area contributed by atoms with Crippen molar-refractivity contribution in [3.63, 3.8) is 0 Å². The molecule has 0 aliphatic heterocycles. The summed E-state index contributed by atoms with van der Waals surface area (Å²) in [6.07, 6.45) is 4.42. The van der Waals surface area contributed by atoms with E-state index >= 15 is 0 Å². The van der Waals surface area contributed by atoms with Gasteiger partial charge in [-0.05, 0) is 43.5 Å². The van der Waals surface area contributed by atoms with Gasteiger partial charge in [0.05, 0.1) is 5.56 Å². The molecule has 0 aromatic carbocycles. The molecule has 2 aromatic heterocycles. The highest BCUT2D eigenvalue weighted by Crippen LogP contribution is 2.21. The molecule has 2 rings (SSSR count). The van der Waals surface area contributed by atoms with E-state index < -0.39 is 0 Å². The van der Waals surface area contributed by atoms with Crippen molar-refractivity contribution in [2.75, 3.05) is 13.6 Å². The molecule has 0 aliphatic carbocycles. The molecule has 19 heavy (non-hydrogen) atoms. The molecule has 0 atom stereocenters. The van der Waals surface area contributed by atoms with Crippen LogP contribution >= 0.6 is 11.3 Å². The molecule has 0 aliphatic rings. The van der Waals surface area contributed by atoms with E-state index in [1.54, 1.807) is 28.6 Å². The summed E-state index contributed by atoms with van der Waals surface area (Å²) in [7, 11) is 1.86. The van der Waals surface area contributed by atoms with E-state index in [1.807, 2.05) is 38.4 Å². The van der Waals surface area contributed by atoms with Crippen LogP contribution in [-0.4, -0.2) is 29.4 Å². The van der Waals surface area contributed by atoms with Crippen LogP contribution in [0.3, 0.4) is 0 Å². The Morgan fingerprint density at radius 3 is 2.58 bits per heavy atom. The van der Waals surface area contributed by atoms with E-state index in [0.29, 0.717) is 0 Å². The number of nitrogens with zero attached hydrogens (tertiary/aromatic N) is 2. The zero-order chi connectivity index (χ0) is 13.8. The maximum atomic E-state index is 12.3. The number of aryl methyl sites for hydroxylation is 1. The summed E-state index contributed by atoms with van der Waals surface area (Å²) in [4.78, 5) is 19.3. The highest BCUT2D eigenvalue weighted by Gasteiger charge is 2.16. The summed E-state index contributed by atoms with van der Waals surface area (Å²) in [6, 6.07) is 3.97. The van der Waals surface area contributed by atoms with Crippen LogP contribution in [-0.2, 0) is 6.42 Å². The maximum Gasteiger partial charge on any atom is 0.254 e. The van der Waals surface area contributed by atoms with Crippen LogP contribution in [0.5, 0.6) is 0 Å². The summed E-state index contributed by atoms with van der Waals surface area (Å²) in [5.74, 6) is 0.107. The first-order chi connectivity index (χ1) is 9.09. The molecule has 0 saturated carbocycles. The summed E-state index contributed by atoms with van der Waals surface area (Å²) < 4.78 is 0. The Morgan fingerprint density at radius 2 is 2.00 bits per heavy atom. The Hall–Kier alpha value is -1.68. The van der Waals surface area contributed by atoms with Gasteiger partial charge in [-0.15, -0.1) is 11.3 Å². The Balaban J connectivity index is 1.98. The fourth-order valence-electron chi connectivity index (χ4n) is 1.88. The van der Waals surface area contributed by atoms with E-state index in [-0.39, 0.29) is 5.91 Å². The predicted octanol–water partition coefficient (Wildman–Crippen LogP) is 3.07. The monoisotopic (exact) mass is 274 g/mol. The summed E-state index contributed by atoms with van der Waals surface area (Å²) >= 11 is 1.64. The highest BCUT2D eigenvalue weighted by molar-refractivity contribution is 7.10. The first kappa shape index (κ1) is 13.7. The zero-order valence-corrected chi connectivity index (χ0v) is 12.3. The molecule has 0 saturated heterocycles. The molecular formula is C15H18N2OS. The molecule has 3 nitrogen and oxygen atoms in total. The molecule has 0 unspecified atom stereocenters. The topological polar surface area (TPSA) is 33.2 Å². The van der Waals surface area contributed by atoms with Crippen molar-refractivity contribution in [2.24, 2.45) is 0 Å². The van der Waals surface area contributed by atoms with Gasteiger partial charge in [-0.3, -0.25) is 9.78 Å². The Morgan fingerprint density at radius 1 is 1.32 bits per heavy atom. The van der Waals surface area contributed by atoms with Gasteiger partial charge < -0.3 is 4.90 Å². The van der Waals surface area contributed by atoms with Crippen molar-refractivity contribution >= 4 is 17.2 Å². The van der Waals surface area contributed by atoms with Gasteiger partial charge in [-0.25, -0.2) is 0 Å². The summed E-state index contributed by atoms with van der Waals surface area (Å²) in [6.45, 7) is 4.78. The third kappa shape index (κ3) is 3.20. The van der Waals surface area contributed by atoms with E-state index in [1.165, 1.54) is 10.4 Å². The molecule has 1 amide bonds. The minimum atomic E-state index is 0.107. The number of carbonyl (C=O) groups excluding carboxylic acids is 1. The number of rotatable bonds is 4.